The summed E-state index contributed by atoms with van der Waals surface area (Å²) in [6.07, 6.45) is 1.36. The minimum atomic E-state index is -1.05. The number of ether oxygens (including phenoxy) is 1. The number of rotatable bonds is 6. The second-order valence-corrected chi connectivity index (χ2v) is 5.47. The largest absolute Gasteiger partial charge is 0.494 e. The number of imide groups is 1. The Hall–Kier alpha value is -2.28. The number of hydrogen-bond donors (Lipinski definition) is 1. The van der Waals surface area contributed by atoms with E-state index in [1.165, 1.54) is 0 Å². The Kier molecular flexibility index (Phi) is 5.21. The molecule has 6 nitrogen and oxygen atoms in total. The highest BCUT2D eigenvalue weighted by Gasteiger charge is 2.34. The first-order chi connectivity index (χ1) is 10.5. The Morgan fingerprint density at radius 1 is 1.32 bits per heavy atom. The van der Waals surface area contributed by atoms with E-state index in [1.54, 1.807) is 30.3 Å². The van der Waals surface area contributed by atoms with Crippen LogP contribution in [0.15, 0.2) is 29.2 Å². The molecule has 0 aliphatic carbocycles. The summed E-state index contributed by atoms with van der Waals surface area (Å²) in [6.45, 7) is 2.35. The fraction of sp³-hybridized carbons (Fsp3) is 0.267. The van der Waals surface area contributed by atoms with E-state index in [0.717, 1.165) is 28.0 Å². The lowest BCUT2D eigenvalue weighted by atomic mass is 10.2. The monoisotopic (exact) mass is 321 g/mol. The number of carbonyl (C=O) groups is 3. The van der Waals surface area contributed by atoms with E-state index in [0.29, 0.717) is 11.5 Å². The number of carboxylic acid groups (broad SMARTS) is 1. The lowest BCUT2D eigenvalue weighted by Gasteiger charge is -2.09. The van der Waals surface area contributed by atoms with E-state index >= 15 is 0 Å². The summed E-state index contributed by atoms with van der Waals surface area (Å²) in [6, 6.07) is 7.14. The lowest BCUT2D eigenvalue weighted by molar-refractivity contribution is -0.137. The van der Waals surface area contributed by atoms with Crippen molar-refractivity contribution in [3.63, 3.8) is 0 Å². The van der Waals surface area contributed by atoms with Crippen LogP contribution in [0.3, 0.4) is 0 Å². The molecule has 0 atom stereocenters. The molecule has 1 N–H and O–H groups in total. The van der Waals surface area contributed by atoms with Gasteiger partial charge in [-0.15, -0.1) is 0 Å². The van der Waals surface area contributed by atoms with Gasteiger partial charge in [0, 0.05) is 6.54 Å². The molecule has 0 bridgehead atoms. The second-order valence-electron chi connectivity index (χ2n) is 4.48. The van der Waals surface area contributed by atoms with Gasteiger partial charge in [-0.25, -0.2) is 0 Å². The first-order valence-corrected chi connectivity index (χ1v) is 7.53. The molecule has 1 fully saturated rings. The van der Waals surface area contributed by atoms with Crippen molar-refractivity contribution in [2.24, 2.45) is 0 Å². The zero-order valence-corrected chi connectivity index (χ0v) is 12.8. The van der Waals surface area contributed by atoms with Crippen LogP contribution in [0.4, 0.5) is 4.79 Å². The lowest BCUT2D eigenvalue weighted by Crippen LogP contribution is -2.30. The van der Waals surface area contributed by atoms with Crippen molar-refractivity contribution >= 4 is 35.0 Å². The maximum Gasteiger partial charge on any atom is 0.305 e. The summed E-state index contributed by atoms with van der Waals surface area (Å²) in [5.41, 5.74) is 0.771. The highest BCUT2D eigenvalue weighted by atomic mass is 32.2. The van der Waals surface area contributed by atoms with Crippen LogP contribution in [0.25, 0.3) is 6.08 Å². The van der Waals surface area contributed by atoms with E-state index in [9.17, 15) is 14.4 Å². The average molecular weight is 321 g/mol. The Bertz CT molecular complexity index is 623. The van der Waals surface area contributed by atoms with E-state index in [-0.39, 0.29) is 13.0 Å². The molecule has 0 saturated carbocycles. The summed E-state index contributed by atoms with van der Waals surface area (Å²) in [7, 11) is 0. The number of carbonyl (C=O) groups excluding carboxylic acids is 2. The first kappa shape index (κ1) is 16.1. The molecule has 2 amide bonds. The predicted molar refractivity (Wildman–Crippen MR) is 82.5 cm³/mol. The topological polar surface area (TPSA) is 83.9 Å². The molecule has 116 valence electrons. The molecule has 1 aromatic rings. The van der Waals surface area contributed by atoms with Gasteiger partial charge in [0.1, 0.15) is 5.75 Å². The maximum absolute atomic E-state index is 12.1. The van der Waals surface area contributed by atoms with Gasteiger partial charge in [0.25, 0.3) is 11.1 Å². The highest BCUT2D eigenvalue weighted by Crippen LogP contribution is 2.32. The van der Waals surface area contributed by atoms with E-state index < -0.39 is 17.1 Å². The van der Waals surface area contributed by atoms with Crippen molar-refractivity contribution in [1.29, 1.82) is 0 Å². The van der Waals surface area contributed by atoms with Gasteiger partial charge in [0.2, 0.25) is 0 Å². The number of nitrogens with zero attached hydrogens (tertiary/aromatic N) is 1. The molecule has 0 radical (unpaired) electrons. The molecule has 1 saturated heterocycles. The van der Waals surface area contributed by atoms with Crippen molar-refractivity contribution in [3.8, 4) is 5.75 Å². The van der Waals surface area contributed by atoms with Crippen molar-refractivity contribution in [2.45, 2.75) is 13.3 Å². The summed E-state index contributed by atoms with van der Waals surface area (Å²) >= 11 is 0.817. The Labute approximate surface area is 131 Å². The standard InChI is InChI=1S/C15H15NO5S/c1-2-21-11-5-3-10(4-6-11)9-12-14(19)16(15(20)22-12)8-7-13(17)18/h3-6,9H,2,7-8H2,1H3,(H,17,18)/b12-9-. The van der Waals surface area contributed by atoms with Crippen LogP contribution in [0.2, 0.25) is 0 Å². The van der Waals surface area contributed by atoms with Gasteiger partial charge in [-0.3, -0.25) is 19.3 Å². The van der Waals surface area contributed by atoms with Gasteiger partial charge in [0.05, 0.1) is 17.9 Å². The SMILES string of the molecule is CCOc1ccc(/C=C2\SC(=O)N(CCC(=O)O)C2=O)cc1. The van der Waals surface area contributed by atoms with Crippen LogP contribution in [0.1, 0.15) is 18.9 Å². The summed E-state index contributed by atoms with van der Waals surface area (Å²) in [5.74, 6) is -0.770. The summed E-state index contributed by atoms with van der Waals surface area (Å²) < 4.78 is 5.33. The van der Waals surface area contributed by atoms with Crippen molar-refractivity contribution in [3.05, 3.63) is 34.7 Å². The molecule has 1 heterocycles. The van der Waals surface area contributed by atoms with Crippen LogP contribution >= 0.6 is 11.8 Å². The van der Waals surface area contributed by atoms with E-state index in [2.05, 4.69) is 0 Å². The van der Waals surface area contributed by atoms with Gasteiger partial charge in [-0.05, 0) is 42.5 Å². The van der Waals surface area contributed by atoms with Gasteiger partial charge < -0.3 is 9.84 Å². The molecule has 7 heteroatoms. The number of benzene rings is 1. The number of aliphatic carboxylic acids is 1. The van der Waals surface area contributed by atoms with Crippen LogP contribution in [0.5, 0.6) is 5.75 Å². The Morgan fingerprint density at radius 3 is 2.59 bits per heavy atom. The van der Waals surface area contributed by atoms with Crippen LogP contribution in [-0.2, 0) is 9.59 Å². The molecule has 1 aliphatic rings. The second kappa shape index (κ2) is 7.13. The zero-order valence-electron chi connectivity index (χ0n) is 11.9. The van der Waals surface area contributed by atoms with Crippen LogP contribution in [0, 0.1) is 0 Å². The average Bonchev–Trinajstić information content (AvgIpc) is 2.73. The molecular weight excluding hydrogens is 306 g/mol. The smallest absolute Gasteiger partial charge is 0.305 e. The van der Waals surface area contributed by atoms with Gasteiger partial charge >= 0.3 is 5.97 Å². The van der Waals surface area contributed by atoms with Crippen molar-refractivity contribution in [1.82, 2.24) is 4.90 Å². The molecule has 1 aromatic carbocycles. The first-order valence-electron chi connectivity index (χ1n) is 6.71. The Balaban J connectivity index is 2.10. The quantitative estimate of drug-likeness (QED) is 0.811. The van der Waals surface area contributed by atoms with Gasteiger partial charge in [-0.2, -0.15) is 0 Å². The number of hydrogen-bond acceptors (Lipinski definition) is 5. The fourth-order valence-corrected chi connectivity index (χ4v) is 2.74. The molecule has 1 aliphatic heterocycles. The van der Waals surface area contributed by atoms with Gasteiger partial charge in [-0.1, -0.05) is 12.1 Å². The van der Waals surface area contributed by atoms with E-state index in [4.69, 9.17) is 9.84 Å². The number of thioether (sulfide) groups is 1. The predicted octanol–water partition coefficient (Wildman–Crippen LogP) is 2.60. The number of amides is 2. The molecule has 2 rings (SSSR count). The molecule has 0 aromatic heterocycles. The minimum Gasteiger partial charge on any atom is -0.494 e. The summed E-state index contributed by atoms with van der Waals surface area (Å²) in [4.78, 5) is 35.6. The molecule has 0 spiro atoms. The van der Waals surface area contributed by atoms with Crippen LogP contribution < -0.4 is 4.74 Å². The third kappa shape index (κ3) is 3.88. The third-order valence-electron chi connectivity index (χ3n) is 2.91. The molecule has 22 heavy (non-hydrogen) atoms. The molecular formula is C15H15NO5S. The van der Waals surface area contributed by atoms with E-state index in [1.807, 2.05) is 6.92 Å². The summed E-state index contributed by atoms with van der Waals surface area (Å²) in [5, 5.41) is 8.19. The normalized spacial score (nSPS) is 16.4. The third-order valence-corrected chi connectivity index (χ3v) is 3.82. The Morgan fingerprint density at radius 2 is 2.00 bits per heavy atom. The van der Waals surface area contributed by atoms with Crippen molar-refractivity contribution in [2.75, 3.05) is 13.2 Å². The number of carboxylic acids is 1. The maximum atomic E-state index is 12.1. The molecule has 0 unspecified atom stereocenters. The minimum absolute atomic E-state index is 0.110. The zero-order chi connectivity index (χ0) is 16.1. The van der Waals surface area contributed by atoms with Gasteiger partial charge in [0.15, 0.2) is 0 Å². The van der Waals surface area contributed by atoms with Crippen molar-refractivity contribution < 1.29 is 24.2 Å². The highest BCUT2D eigenvalue weighted by molar-refractivity contribution is 8.18. The fourth-order valence-electron chi connectivity index (χ4n) is 1.88. The van der Waals surface area contributed by atoms with Crippen LogP contribution in [-0.4, -0.2) is 40.3 Å².